The van der Waals surface area contributed by atoms with Gasteiger partial charge in [-0.25, -0.2) is 0 Å². The summed E-state index contributed by atoms with van der Waals surface area (Å²) in [7, 11) is 3.52. The topological polar surface area (TPSA) is 49.2 Å². The first-order valence-electron chi connectivity index (χ1n) is 17.0. The van der Waals surface area contributed by atoms with Crippen molar-refractivity contribution in [2.45, 2.75) is 102 Å². The van der Waals surface area contributed by atoms with Crippen molar-refractivity contribution in [1.29, 1.82) is 0 Å². The molecule has 0 N–H and O–H groups in total. The minimum atomic E-state index is 0.232. The van der Waals surface area contributed by atoms with E-state index in [0.717, 1.165) is 31.1 Å². The van der Waals surface area contributed by atoms with Crippen molar-refractivity contribution in [3.63, 3.8) is 0 Å². The Labute approximate surface area is 269 Å². The molecule has 5 unspecified atom stereocenters. The number of aryl methyl sites for hydroxylation is 1. The number of piperazine rings is 2. The molecule has 5 aliphatic heterocycles. The number of piperidine rings is 2. The minimum absolute atomic E-state index is 0.232. The van der Waals surface area contributed by atoms with Crippen LogP contribution in [0, 0.1) is 6.92 Å². The minimum Gasteiger partial charge on any atom is -0.497 e. The van der Waals surface area contributed by atoms with Crippen molar-refractivity contribution in [2.24, 2.45) is 0 Å². The van der Waals surface area contributed by atoms with Crippen LogP contribution < -0.4 is 9.47 Å². The Morgan fingerprint density at radius 1 is 0.889 bits per heavy atom. The lowest BCUT2D eigenvalue weighted by molar-refractivity contribution is -0.170. The molecule has 0 radical (unpaired) electrons. The molecule has 242 valence electrons. The van der Waals surface area contributed by atoms with E-state index in [0.29, 0.717) is 30.2 Å². The van der Waals surface area contributed by atoms with Crippen LogP contribution in [0.3, 0.4) is 0 Å². The van der Waals surface area contributed by atoms with Crippen molar-refractivity contribution >= 4 is 0 Å². The summed E-state index contributed by atoms with van der Waals surface area (Å²) < 4.78 is 13.2. The maximum atomic E-state index is 5.74. The second-order valence-electron chi connectivity index (χ2n) is 14.6. The van der Waals surface area contributed by atoms with E-state index in [-0.39, 0.29) is 5.54 Å². The first kappa shape index (κ1) is 30.7. The van der Waals surface area contributed by atoms with Crippen molar-refractivity contribution < 1.29 is 9.47 Å². The van der Waals surface area contributed by atoms with E-state index in [1.54, 1.807) is 14.2 Å². The summed E-state index contributed by atoms with van der Waals surface area (Å²) in [6.07, 6.45) is 7.76. The first-order valence-corrected chi connectivity index (χ1v) is 17.0. The molecule has 0 spiro atoms. The number of hydrogen-bond donors (Lipinski definition) is 0. The van der Waals surface area contributed by atoms with Gasteiger partial charge in [0, 0.05) is 93.0 Å². The molecule has 5 aliphatic rings. The lowest BCUT2D eigenvalue weighted by atomic mass is 9.69. The zero-order chi connectivity index (χ0) is 31.3. The number of rotatable bonds is 12. The molecule has 8 nitrogen and oxygen atoms in total. The Hall–Kier alpha value is -2.91. The second-order valence-corrected chi connectivity index (χ2v) is 14.6. The smallest absolute Gasteiger partial charge is 0.123 e. The van der Waals surface area contributed by atoms with Crippen LogP contribution in [0.1, 0.15) is 62.3 Å². The van der Waals surface area contributed by atoms with E-state index in [1.807, 2.05) is 23.1 Å². The predicted octanol–water partition coefficient (Wildman–Crippen LogP) is 5.03. The quantitative estimate of drug-likeness (QED) is 0.284. The van der Waals surface area contributed by atoms with Crippen LogP contribution in [0.2, 0.25) is 0 Å². The Kier molecular flexibility index (Phi) is 8.44. The summed E-state index contributed by atoms with van der Waals surface area (Å²) >= 11 is 0. The second kappa shape index (κ2) is 12.4. The van der Waals surface area contributed by atoms with Gasteiger partial charge in [0.25, 0.3) is 0 Å². The van der Waals surface area contributed by atoms with Crippen LogP contribution in [-0.2, 0) is 19.6 Å². The van der Waals surface area contributed by atoms with E-state index in [1.165, 1.54) is 67.7 Å². The molecule has 2 aromatic carbocycles. The highest BCUT2D eigenvalue weighted by atomic mass is 16.5. The fourth-order valence-corrected chi connectivity index (χ4v) is 8.93. The molecule has 6 heterocycles. The van der Waals surface area contributed by atoms with Gasteiger partial charge in [0.1, 0.15) is 11.5 Å². The molecule has 5 saturated heterocycles. The summed E-state index contributed by atoms with van der Waals surface area (Å²) in [4.78, 5) is 11.2. The lowest BCUT2D eigenvalue weighted by Gasteiger charge is -2.67. The molecule has 5 atom stereocenters. The van der Waals surface area contributed by atoms with Gasteiger partial charge >= 0.3 is 0 Å². The van der Waals surface area contributed by atoms with E-state index >= 15 is 0 Å². The number of hydrogen-bond acceptors (Lipinski definition) is 7. The summed E-state index contributed by atoms with van der Waals surface area (Å²) in [6.45, 7) is 17.0. The van der Waals surface area contributed by atoms with Crippen LogP contribution in [0.25, 0.3) is 0 Å². The predicted molar refractivity (Wildman–Crippen MR) is 179 cm³/mol. The van der Waals surface area contributed by atoms with E-state index < -0.39 is 0 Å². The van der Waals surface area contributed by atoms with Gasteiger partial charge in [0.2, 0.25) is 0 Å². The first-order chi connectivity index (χ1) is 21.7. The fraction of sp³-hybridized carbons (Fsp3) is 0.595. The molecule has 8 heteroatoms. The number of fused-ring (bicyclic) bond motifs is 4. The van der Waals surface area contributed by atoms with Gasteiger partial charge in [-0.3, -0.25) is 24.3 Å². The molecule has 3 aromatic rings. The number of methoxy groups -OCH3 is 2. The standard InChI is InChI=1S/C37H52N6O2/c1-26(2)40-24-34-18-37(25-40,43(34)19-29-8-11-36(45-6)31(15-29)20-41-13-7-12-38-41)17-28(4)39-22-32-16-33(23-39)42(32)21-30-9-10-35(44-5)14-27(30)3/h7-15,26,28,32-34H,16-25H2,1-6H3. The molecule has 45 heavy (non-hydrogen) atoms. The van der Waals surface area contributed by atoms with Crippen molar-refractivity contribution in [1.82, 2.24) is 29.4 Å². The third-order valence-electron chi connectivity index (χ3n) is 11.5. The molecule has 0 saturated carbocycles. The van der Waals surface area contributed by atoms with Gasteiger partial charge in [-0.15, -0.1) is 0 Å². The normalized spacial score (nSPS) is 27.7. The molecule has 8 rings (SSSR count). The zero-order valence-electron chi connectivity index (χ0n) is 28.2. The number of ether oxygens (including phenoxy) is 2. The fourth-order valence-electron chi connectivity index (χ4n) is 8.93. The van der Waals surface area contributed by atoms with Crippen molar-refractivity contribution in [2.75, 3.05) is 40.4 Å². The summed E-state index contributed by atoms with van der Waals surface area (Å²) in [5.41, 5.74) is 5.57. The van der Waals surface area contributed by atoms with Gasteiger partial charge in [0.15, 0.2) is 0 Å². The Morgan fingerprint density at radius 3 is 2.38 bits per heavy atom. The van der Waals surface area contributed by atoms with Gasteiger partial charge in [-0.2, -0.15) is 5.10 Å². The zero-order valence-corrected chi connectivity index (χ0v) is 28.2. The average molecular weight is 613 g/mol. The average Bonchev–Trinajstić information content (AvgIpc) is 3.56. The monoisotopic (exact) mass is 612 g/mol. The molecular weight excluding hydrogens is 560 g/mol. The van der Waals surface area contributed by atoms with Crippen LogP contribution in [-0.4, -0.2) is 106 Å². The molecule has 0 amide bonds. The Morgan fingerprint density at radius 2 is 1.69 bits per heavy atom. The number of aromatic nitrogens is 2. The van der Waals surface area contributed by atoms with Gasteiger partial charge in [-0.05, 0) is 94.0 Å². The maximum absolute atomic E-state index is 5.74. The number of likely N-dealkylation sites (tertiary alicyclic amines) is 2. The maximum Gasteiger partial charge on any atom is 0.123 e. The van der Waals surface area contributed by atoms with Crippen LogP contribution in [0.5, 0.6) is 11.5 Å². The molecule has 0 aliphatic carbocycles. The third-order valence-corrected chi connectivity index (χ3v) is 11.5. The molecular formula is C37H52N6O2. The molecule has 1 aromatic heterocycles. The number of benzene rings is 2. The summed E-state index contributed by atoms with van der Waals surface area (Å²) in [6, 6.07) is 18.4. The number of nitrogens with zero attached hydrogens (tertiary/aromatic N) is 6. The molecule has 4 bridgehead atoms. The summed E-state index contributed by atoms with van der Waals surface area (Å²) in [5, 5.41) is 4.44. The van der Waals surface area contributed by atoms with Crippen molar-refractivity contribution in [3.8, 4) is 11.5 Å². The van der Waals surface area contributed by atoms with E-state index in [2.05, 4.69) is 88.8 Å². The van der Waals surface area contributed by atoms with Crippen molar-refractivity contribution in [3.05, 3.63) is 77.1 Å². The Balaban J connectivity index is 1.03. The Bertz CT molecular complexity index is 1460. The third kappa shape index (κ3) is 5.91. The van der Waals surface area contributed by atoms with E-state index in [4.69, 9.17) is 9.47 Å². The molecule has 5 fully saturated rings. The van der Waals surface area contributed by atoms with Crippen LogP contribution in [0.15, 0.2) is 54.9 Å². The summed E-state index contributed by atoms with van der Waals surface area (Å²) in [5.74, 6) is 1.89. The highest BCUT2D eigenvalue weighted by Crippen LogP contribution is 2.48. The largest absolute Gasteiger partial charge is 0.497 e. The van der Waals surface area contributed by atoms with Gasteiger partial charge in [0.05, 0.1) is 20.8 Å². The van der Waals surface area contributed by atoms with Gasteiger partial charge in [-0.1, -0.05) is 12.1 Å². The highest BCUT2D eigenvalue weighted by Gasteiger charge is 2.57. The van der Waals surface area contributed by atoms with Crippen LogP contribution in [0.4, 0.5) is 0 Å². The lowest BCUT2D eigenvalue weighted by Crippen LogP contribution is -2.78. The highest BCUT2D eigenvalue weighted by molar-refractivity contribution is 5.38. The van der Waals surface area contributed by atoms with E-state index in [9.17, 15) is 0 Å². The van der Waals surface area contributed by atoms with Gasteiger partial charge < -0.3 is 9.47 Å². The SMILES string of the molecule is COc1ccc(CN2C3CC2CN(C(C)CC24CC(CN(C(C)C)C2)N4Cc2ccc(OC)c(Cn4cccn4)c2)C3)c(C)c1. The van der Waals surface area contributed by atoms with Crippen LogP contribution >= 0.6 is 0 Å².